The van der Waals surface area contributed by atoms with Gasteiger partial charge in [0.25, 0.3) is 0 Å². The number of carboxylic acid groups (broad SMARTS) is 2. The minimum Gasteiger partial charge on any atom is -0.465 e. The molecule has 0 spiro atoms. The quantitative estimate of drug-likeness (QED) is 0.563. The van der Waals surface area contributed by atoms with Gasteiger partial charge in [-0.25, -0.2) is 9.59 Å². The number of amides is 2. The Labute approximate surface area is 127 Å². The summed E-state index contributed by atoms with van der Waals surface area (Å²) in [6.45, 7) is 13.6. The molecule has 0 saturated heterocycles. The van der Waals surface area contributed by atoms with Crippen LogP contribution in [0.1, 0.15) is 34.6 Å². The molecule has 8 heteroatoms. The zero-order chi connectivity index (χ0) is 17.0. The Morgan fingerprint density at radius 1 is 1.00 bits per heavy atom. The van der Waals surface area contributed by atoms with Crippen molar-refractivity contribution in [3.8, 4) is 0 Å². The fraction of sp³-hybridized carbons (Fsp3) is 0.846. The smallest absolute Gasteiger partial charge is 0.404 e. The van der Waals surface area contributed by atoms with Crippen molar-refractivity contribution < 1.29 is 24.2 Å². The van der Waals surface area contributed by atoms with Crippen molar-refractivity contribution in [2.75, 3.05) is 0 Å². The predicted octanol–water partition coefficient (Wildman–Crippen LogP) is 2.69. The van der Waals surface area contributed by atoms with Crippen LogP contribution in [0.4, 0.5) is 9.59 Å². The van der Waals surface area contributed by atoms with Crippen LogP contribution in [0, 0.1) is 0 Å². The lowest BCUT2D eigenvalue weighted by atomic mass is 10.1. The molecule has 0 aromatic carbocycles. The van der Waals surface area contributed by atoms with Crippen LogP contribution in [0.5, 0.6) is 0 Å². The Bertz CT molecular complexity index is 359. The molecule has 7 nitrogen and oxygen atoms in total. The fourth-order valence-corrected chi connectivity index (χ4v) is 3.15. The molecule has 0 saturated carbocycles. The lowest BCUT2D eigenvalue weighted by Crippen LogP contribution is -2.57. The molecule has 0 rings (SSSR count). The Kier molecular flexibility index (Phi) is 6.69. The predicted molar refractivity (Wildman–Crippen MR) is 83.3 cm³/mol. The SMILES string of the molecule is C[C@H](NC(=O)O)[C@@H](O[Si](C)(C)C(C)(C)C)[C@@H](C)NC(=O)O. The average Bonchev–Trinajstić information content (AvgIpc) is 2.21. The molecule has 4 N–H and O–H groups in total. The highest BCUT2D eigenvalue weighted by molar-refractivity contribution is 6.74. The van der Waals surface area contributed by atoms with E-state index >= 15 is 0 Å². The van der Waals surface area contributed by atoms with Crippen LogP contribution < -0.4 is 10.6 Å². The molecular weight excluding hydrogens is 292 g/mol. The molecule has 0 bridgehead atoms. The second-order valence-electron chi connectivity index (χ2n) is 6.82. The van der Waals surface area contributed by atoms with Gasteiger partial charge in [-0.15, -0.1) is 0 Å². The topological polar surface area (TPSA) is 108 Å². The summed E-state index contributed by atoms with van der Waals surface area (Å²) in [5.74, 6) is 0. The summed E-state index contributed by atoms with van der Waals surface area (Å²) in [6.07, 6.45) is -2.89. The fourth-order valence-electron chi connectivity index (χ4n) is 1.71. The number of rotatable bonds is 6. The van der Waals surface area contributed by atoms with Crippen LogP contribution >= 0.6 is 0 Å². The van der Waals surface area contributed by atoms with Crippen molar-refractivity contribution >= 4 is 20.5 Å². The second kappa shape index (κ2) is 7.12. The van der Waals surface area contributed by atoms with Gasteiger partial charge in [0.1, 0.15) is 0 Å². The summed E-state index contributed by atoms with van der Waals surface area (Å²) >= 11 is 0. The Hall–Kier alpha value is -1.28. The molecule has 0 radical (unpaired) electrons. The summed E-state index contributed by atoms with van der Waals surface area (Å²) in [5.41, 5.74) is 0. The van der Waals surface area contributed by atoms with Gasteiger partial charge in [0.15, 0.2) is 8.32 Å². The Morgan fingerprint density at radius 2 is 1.33 bits per heavy atom. The lowest BCUT2D eigenvalue weighted by molar-refractivity contribution is 0.101. The normalized spacial score (nSPS) is 16.7. The van der Waals surface area contributed by atoms with E-state index in [-0.39, 0.29) is 5.04 Å². The molecule has 0 fully saturated rings. The van der Waals surface area contributed by atoms with Gasteiger partial charge < -0.3 is 25.3 Å². The van der Waals surface area contributed by atoms with E-state index < -0.39 is 38.7 Å². The van der Waals surface area contributed by atoms with Crippen molar-refractivity contribution in [2.24, 2.45) is 0 Å². The third kappa shape index (κ3) is 6.34. The molecule has 0 aromatic rings. The van der Waals surface area contributed by atoms with Gasteiger partial charge in [0, 0.05) is 0 Å². The largest absolute Gasteiger partial charge is 0.465 e. The lowest BCUT2D eigenvalue weighted by Gasteiger charge is -2.42. The van der Waals surface area contributed by atoms with Crippen molar-refractivity contribution in [3.05, 3.63) is 0 Å². The molecule has 0 aliphatic rings. The maximum absolute atomic E-state index is 10.8. The van der Waals surface area contributed by atoms with Crippen LogP contribution in [0.3, 0.4) is 0 Å². The zero-order valence-corrected chi connectivity index (χ0v) is 14.9. The summed E-state index contributed by atoms with van der Waals surface area (Å²) < 4.78 is 6.21. The number of carbonyl (C=O) groups is 2. The van der Waals surface area contributed by atoms with Crippen LogP contribution in [0.25, 0.3) is 0 Å². The molecule has 124 valence electrons. The second-order valence-corrected chi connectivity index (χ2v) is 11.6. The van der Waals surface area contributed by atoms with E-state index in [1.807, 2.05) is 13.1 Å². The Balaban J connectivity index is 5.22. The zero-order valence-electron chi connectivity index (χ0n) is 13.9. The molecule has 0 aromatic heterocycles. The van der Waals surface area contributed by atoms with Crippen molar-refractivity contribution in [1.82, 2.24) is 10.6 Å². The van der Waals surface area contributed by atoms with Gasteiger partial charge in [-0.3, -0.25) is 0 Å². The number of nitrogens with one attached hydrogen (secondary N) is 2. The third-order valence-corrected chi connectivity index (χ3v) is 8.40. The van der Waals surface area contributed by atoms with Crippen LogP contribution in [-0.2, 0) is 4.43 Å². The molecular formula is C13H28N2O5Si. The van der Waals surface area contributed by atoms with Gasteiger partial charge in [-0.1, -0.05) is 20.8 Å². The summed E-state index contributed by atoms with van der Waals surface area (Å²) in [6, 6.07) is -1.06. The van der Waals surface area contributed by atoms with E-state index in [4.69, 9.17) is 14.6 Å². The number of hydrogen-bond donors (Lipinski definition) is 4. The average molecular weight is 320 g/mol. The Morgan fingerprint density at radius 3 is 1.57 bits per heavy atom. The highest BCUT2D eigenvalue weighted by atomic mass is 28.4. The third-order valence-electron chi connectivity index (χ3n) is 3.92. The van der Waals surface area contributed by atoms with E-state index in [1.165, 1.54) is 0 Å². The highest BCUT2D eigenvalue weighted by Gasteiger charge is 2.42. The molecule has 3 atom stereocenters. The molecule has 2 amide bonds. The molecule has 0 unspecified atom stereocenters. The minimum absolute atomic E-state index is 0.0584. The van der Waals surface area contributed by atoms with Crippen LogP contribution in [0.15, 0.2) is 0 Å². The minimum atomic E-state index is -2.16. The van der Waals surface area contributed by atoms with E-state index in [0.29, 0.717) is 0 Å². The van der Waals surface area contributed by atoms with Crippen LogP contribution in [0.2, 0.25) is 18.1 Å². The summed E-state index contributed by atoms with van der Waals surface area (Å²) in [7, 11) is -2.16. The molecule has 21 heavy (non-hydrogen) atoms. The standard InChI is InChI=1S/C13H28N2O5Si/c1-8(14-11(16)17)10(9(2)15-12(18)19)20-21(6,7)13(3,4)5/h8-10,14-15H,1-7H3,(H,16,17)(H,18,19)/t8-,9+,10+. The van der Waals surface area contributed by atoms with Crippen molar-refractivity contribution in [3.63, 3.8) is 0 Å². The van der Waals surface area contributed by atoms with Gasteiger partial charge in [-0.2, -0.15) is 0 Å². The first-order chi connectivity index (χ1) is 9.28. The molecule has 0 heterocycles. The van der Waals surface area contributed by atoms with Crippen LogP contribution in [-0.4, -0.2) is 48.9 Å². The van der Waals surface area contributed by atoms with E-state index in [0.717, 1.165) is 0 Å². The maximum Gasteiger partial charge on any atom is 0.404 e. The first-order valence-electron chi connectivity index (χ1n) is 6.94. The number of hydrogen-bond acceptors (Lipinski definition) is 3. The van der Waals surface area contributed by atoms with E-state index in [2.05, 4.69) is 31.4 Å². The highest BCUT2D eigenvalue weighted by Crippen LogP contribution is 2.38. The van der Waals surface area contributed by atoms with Gasteiger partial charge in [-0.05, 0) is 32.0 Å². The van der Waals surface area contributed by atoms with Crippen molar-refractivity contribution in [2.45, 2.75) is 70.9 Å². The molecule has 0 aliphatic heterocycles. The first-order valence-corrected chi connectivity index (χ1v) is 9.85. The summed E-state index contributed by atoms with van der Waals surface area (Å²) in [4.78, 5) is 21.7. The van der Waals surface area contributed by atoms with Gasteiger partial charge in [0.2, 0.25) is 0 Å². The van der Waals surface area contributed by atoms with Gasteiger partial charge >= 0.3 is 12.2 Å². The monoisotopic (exact) mass is 320 g/mol. The maximum atomic E-state index is 10.8. The van der Waals surface area contributed by atoms with E-state index in [9.17, 15) is 9.59 Å². The molecule has 0 aliphatic carbocycles. The van der Waals surface area contributed by atoms with E-state index in [1.54, 1.807) is 13.8 Å². The first kappa shape index (κ1) is 19.7. The summed E-state index contributed by atoms with van der Waals surface area (Å²) in [5, 5.41) is 22.4. The van der Waals surface area contributed by atoms with Gasteiger partial charge in [0.05, 0.1) is 18.2 Å². The van der Waals surface area contributed by atoms with Crippen molar-refractivity contribution in [1.29, 1.82) is 0 Å².